The lowest BCUT2D eigenvalue weighted by Crippen LogP contribution is -3.10. The molecule has 0 fully saturated rings. The number of phenolic OH excluding ortho intramolecular Hbond substituents is 2. The molecular formula is C19H22NO4+. The van der Waals surface area contributed by atoms with Crippen molar-refractivity contribution in [3.8, 4) is 34.1 Å². The maximum absolute atomic E-state index is 10.4. The maximum Gasteiger partial charge on any atom is 0.168 e. The van der Waals surface area contributed by atoms with Gasteiger partial charge in [0.15, 0.2) is 23.0 Å². The van der Waals surface area contributed by atoms with Crippen LogP contribution in [0.4, 0.5) is 0 Å². The minimum Gasteiger partial charge on any atom is -0.504 e. The van der Waals surface area contributed by atoms with Crippen LogP contribution in [0.1, 0.15) is 22.7 Å². The van der Waals surface area contributed by atoms with Crippen molar-refractivity contribution < 1.29 is 24.6 Å². The zero-order valence-corrected chi connectivity index (χ0v) is 14.1. The highest BCUT2D eigenvalue weighted by Gasteiger charge is 2.39. The number of likely N-dealkylation sites (N-methyl/N-ethyl adjacent to an activating group) is 1. The molecule has 1 aliphatic heterocycles. The van der Waals surface area contributed by atoms with Gasteiger partial charge in [0.1, 0.15) is 6.04 Å². The van der Waals surface area contributed by atoms with Crippen LogP contribution >= 0.6 is 0 Å². The Labute approximate surface area is 141 Å². The van der Waals surface area contributed by atoms with E-state index in [9.17, 15) is 10.2 Å². The zero-order valence-electron chi connectivity index (χ0n) is 14.1. The topological polar surface area (TPSA) is 63.4 Å². The Balaban J connectivity index is 2.08. The van der Waals surface area contributed by atoms with E-state index in [0.717, 1.165) is 36.1 Å². The number of methoxy groups -OCH3 is 2. The lowest BCUT2D eigenvalue weighted by molar-refractivity contribution is -0.914. The average Bonchev–Trinajstić information content (AvgIpc) is 2.57. The van der Waals surface area contributed by atoms with E-state index in [4.69, 9.17) is 9.47 Å². The van der Waals surface area contributed by atoms with Crippen LogP contribution in [0, 0.1) is 0 Å². The van der Waals surface area contributed by atoms with Crippen LogP contribution in [-0.2, 0) is 12.8 Å². The third kappa shape index (κ3) is 1.97. The summed E-state index contributed by atoms with van der Waals surface area (Å²) >= 11 is 0. The molecule has 2 aromatic rings. The molecule has 0 saturated carbocycles. The summed E-state index contributed by atoms with van der Waals surface area (Å²) in [5.41, 5.74) is 5.42. The first-order valence-corrected chi connectivity index (χ1v) is 8.20. The third-order valence-electron chi connectivity index (χ3n) is 5.42. The van der Waals surface area contributed by atoms with Crippen molar-refractivity contribution in [2.24, 2.45) is 0 Å². The van der Waals surface area contributed by atoms with Gasteiger partial charge in [-0.3, -0.25) is 0 Å². The van der Waals surface area contributed by atoms with Gasteiger partial charge in [-0.05, 0) is 34.9 Å². The summed E-state index contributed by atoms with van der Waals surface area (Å²) in [6.07, 6.45) is 1.79. The van der Waals surface area contributed by atoms with Crippen molar-refractivity contribution in [1.29, 1.82) is 0 Å². The summed E-state index contributed by atoms with van der Waals surface area (Å²) in [7, 11) is 5.32. The van der Waals surface area contributed by atoms with Crippen LogP contribution in [-0.4, -0.2) is 38.0 Å². The molecule has 2 aromatic carbocycles. The molecule has 5 nitrogen and oxygen atoms in total. The monoisotopic (exact) mass is 328 g/mol. The van der Waals surface area contributed by atoms with Gasteiger partial charge in [0.05, 0.1) is 27.8 Å². The van der Waals surface area contributed by atoms with Gasteiger partial charge in [0, 0.05) is 24.0 Å². The first kappa shape index (κ1) is 15.1. The van der Waals surface area contributed by atoms with Crippen LogP contribution in [0.2, 0.25) is 0 Å². The van der Waals surface area contributed by atoms with E-state index in [1.54, 1.807) is 20.3 Å². The van der Waals surface area contributed by atoms with Gasteiger partial charge in [-0.2, -0.15) is 0 Å². The van der Waals surface area contributed by atoms with Gasteiger partial charge < -0.3 is 24.6 Å². The van der Waals surface area contributed by atoms with Gasteiger partial charge >= 0.3 is 0 Å². The number of benzene rings is 2. The molecule has 3 N–H and O–H groups in total. The van der Waals surface area contributed by atoms with Crippen molar-refractivity contribution in [2.75, 3.05) is 27.8 Å². The van der Waals surface area contributed by atoms with Gasteiger partial charge in [0.25, 0.3) is 0 Å². The van der Waals surface area contributed by atoms with Gasteiger partial charge in [-0.15, -0.1) is 0 Å². The second kappa shape index (κ2) is 5.31. The summed E-state index contributed by atoms with van der Waals surface area (Å²) in [6.45, 7) is 1.03. The summed E-state index contributed by atoms with van der Waals surface area (Å²) in [5, 5.41) is 20.6. The fourth-order valence-corrected chi connectivity index (χ4v) is 4.22. The number of ether oxygens (including phenoxy) is 2. The Hall–Kier alpha value is -2.40. The fourth-order valence-electron chi connectivity index (χ4n) is 4.22. The van der Waals surface area contributed by atoms with Crippen molar-refractivity contribution in [3.05, 3.63) is 34.9 Å². The second-order valence-corrected chi connectivity index (χ2v) is 6.66. The highest BCUT2D eigenvalue weighted by molar-refractivity contribution is 5.84. The number of aromatic hydroxyl groups is 2. The van der Waals surface area contributed by atoms with Crippen LogP contribution in [0.15, 0.2) is 18.2 Å². The number of fused-ring (bicyclic) bond motifs is 2. The van der Waals surface area contributed by atoms with Crippen molar-refractivity contribution in [1.82, 2.24) is 0 Å². The normalized spacial score (nSPS) is 21.0. The molecule has 1 aliphatic carbocycles. The molecule has 4 rings (SSSR count). The minimum atomic E-state index is 0.146. The predicted molar refractivity (Wildman–Crippen MR) is 90.2 cm³/mol. The summed E-state index contributed by atoms with van der Waals surface area (Å²) in [6, 6.07) is 5.78. The smallest absolute Gasteiger partial charge is 0.168 e. The minimum absolute atomic E-state index is 0.146. The van der Waals surface area contributed by atoms with Gasteiger partial charge in [0.2, 0.25) is 0 Å². The number of nitrogens with one attached hydrogen (secondary N) is 1. The van der Waals surface area contributed by atoms with Gasteiger partial charge in [-0.25, -0.2) is 0 Å². The number of quaternary nitrogens is 1. The van der Waals surface area contributed by atoms with E-state index in [1.807, 2.05) is 12.1 Å². The van der Waals surface area contributed by atoms with Gasteiger partial charge in [-0.1, -0.05) is 0 Å². The Morgan fingerprint density at radius 2 is 1.79 bits per heavy atom. The van der Waals surface area contributed by atoms with Crippen LogP contribution in [0.25, 0.3) is 11.1 Å². The standard InChI is InChI=1S/C19H21NO4/c1-20-5-4-10-7-15(22)19(24-3)18-12-9-16(23-2)14(21)8-11(12)6-13(20)17(10)18/h7-9,13,21-22H,4-6H2,1-3H3/p+1/t13-/m1/s1. The molecule has 0 saturated heterocycles. The summed E-state index contributed by atoms with van der Waals surface area (Å²) in [4.78, 5) is 1.44. The molecule has 0 spiro atoms. The molecule has 0 bridgehead atoms. The maximum atomic E-state index is 10.4. The third-order valence-corrected chi connectivity index (χ3v) is 5.42. The molecule has 2 atom stereocenters. The largest absolute Gasteiger partial charge is 0.504 e. The lowest BCUT2D eigenvalue weighted by Gasteiger charge is -2.38. The highest BCUT2D eigenvalue weighted by atomic mass is 16.5. The van der Waals surface area contributed by atoms with Crippen molar-refractivity contribution in [2.45, 2.75) is 18.9 Å². The number of rotatable bonds is 2. The van der Waals surface area contributed by atoms with Crippen LogP contribution < -0.4 is 14.4 Å². The zero-order chi connectivity index (χ0) is 17.0. The van der Waals surface area contributed by atoms with E-state index in [1.165, 1.54) is 16.0 Å². The number of hydrogen-bond donors (Lipinski definition) is 3. The molecule has 5 heteroatoms. The Morgan fingerprint density at radius 3 is 2.50 bits per heavy atom. The molecule has 0 amide bonds. The van der Waals surface area contributed by atoms with Crippen molar-refractivity contribution >= 4 is 0 Å². The molecule has 24 heavy (non-hydrogen) atoms. The first-order chi connectivity index (χ1) is 11.5. The molecule has 126 valence electrons. The molecule has 1 unspecified atom stereocenters. The van der Waals surface area contributed by atoms with E-state index >= 15 is 0 Å². The Morgan fingerprint density at radius 1 is 1.04 bits per heavy atom. The molecular weight excluding hydrogens is 306 g/mol. The van der Waals surface area contributed by atoms with E-state index in [2.05, 4.69) is 7.05 Å². The predicted octanol–water partition coefficient (Wildman–Crippen LogP) is 1.45. The first-order valence-electron chi connectivity index (χ1n) is 8.20. The summed E-state index contributed by atoms with van der Waals surface area (Å²) < 4.78 is 10.8. The number of hydrogen-bond acceptors (Lipinski definition) is 4. The Bertz CT molecular complexity index is 831. The lowest BCUT2D eigenvalue weighted by atomic mass is 9.76. The average molecular weight is 328 g/mol. The Kier molecular flexibility index (Phi) is 3.35. The van der Waals surface area contributed by atoms with Crippen molar-refractivity contribution in [3.63, 3.8) is 0 Å². The van der Waals surface area contributed by atoms with Crippen LogP contribution in [0.5, 0.6) is 23.0 Å². The number of phenols is 2. The fraction of sp³-hybridized carbons (Fsp3) is 0.368. The molecule has 1 heterocycles. The van der Waals surface area contributed by atoms with E-state index in [0.29, 0.717) is 17.5 Å². The molecule has 2 aliphatic rings. The molecule has 0 aromatic heterocycles. The quantitative estimate of drug-likeness (QED) is 0.781. The molecule has 0 radical (unpaired) electrons. The highest BCUT2D eigenvalue weighted by Crippen LogP contribution is 2.51. The van der Waals surface area contributed by atoms with E-state index in [-0.39, 0.29) is 11.5 Å². The van der Waals surface area contributed by atoms with Crippen LogP contribution in [0.3, 0.4) is 0 Å². The SMILES string of the molecule is COc1cc2c(cc1O)C[C@@H]1c3c(cc(O)c(OC)c3-2)CC[NH+]1C. The summed E-state index contributed by atoms with van der Waals surface area (Å²) in [5.74, 6) is 1.25. The second-order valence-electron chi connectivity index (χ2n) is 6.66. The van der Waals surface area contributed by atoms with E-state index < -0.39 is 0 Å².